The first kappa shape index (κ1) is 18.0. The number of phenols is 2. The van der Waals surface area contributed by atoms with E-state index in [0.717, 1.165) is 11.6 Å². The van der Waals surface area contributed by atoms with Gasteiger partial charge in [-0.25, -0.2) is 5.43 Å². The number of phenolic OH excluding ortho intramolecular Hbond substituents is 2. The summed E-state index contributed by atoms with van der Waals surface area (Å²) < 4.78 is 0. The molecule has 0 radical (unpaired) electrons. The molecule has 0 atom stereocenters. The van der Waals surface area contributed by atoms with Crippen molar-refractivity contribution in [1.82, 2.24) is 10.7 Å². The minimum Gasteiger partial charge on any atom is -0.508 e. The third kappa shape index (κ3) is 5.65. The smallest absolute Gasteiger partial charge is 0.275 e. The number of benzene rings is 2. The molecule has 2 rings (SSSR count). The predicted molar refractivity (Wildman–Crippen MR) is 93.3 cm³/mol. The molecule has 130 valence electrons. The number of carbonyl (C=O) groups excluding carboxylic acids is 2. The Morgan fingerprint density at radius 3 is 2.48 bits per heavy atom. The van der Waals surface area contributed by atoms with E-state index in [1.165, 1.54) is 12.1 Å². The van der Waals surface area contributed by atoms with Gasteiger partial charge >= 0.3 is 0 Å². The lowest BCUT2D eigenvalue weighted by Crippen LogP contribution is -2.26. The fraction of sp³-hybridized carbons (Fsp3) is 0.167. The van der Waals surface area contributed by atoms with Gasteiger partial charge in [0.15, 0.2) is 0 Å². The highest BCUT2D eigenvalue weighted by Crippen LogP contribution is 2.22. The average molecular weight is 341 g/mol. The molecule has 4 N–H and O–H groups in total. The molecule has 0 fully saturated rings. The summed E-state index contributed by atoms with van der Waals surface area (Å²) in [5.41, 5.74) is 3.64. The first-order valence-electron chi connectivity index (χ1n) is 7.62. The Bertz CT molecular complexity index is 788. The van der Waals surface area contributed by atoms with Crippen molar-refractivity contribution in [3.63, 3.8) is 0 Å². The van der Waals surface area contributed by atoms with Crippen molar-refractivity contribution in [2.45, 2.75) is 19.9 Å². The largest absolute Gasteiger partial charge is 0.508 e. The topological polar surface area (TPSA) is 111 Å². The van der Waals surface area contributed by atoms with Crippen LogP contribution in [0, 0.1) is 0 Å². The first-order chi connectivity index (χ1) is 12.0. The number of amides is 2. The van der Waals surface area contributed by atoms with Crippen LogP contribution < -0.4 is 10.7 Å². The van der Waals surface area contributed by atoms with Crippen LogP contribution in [0.1, 0.15) is 29.3 Å². The Kier molecular flexibility index (Phi) is 6.11. The zero-order valence-electron chi connectivity index (χ0n) is 13.7. The van der Waals surface area contributed by atoms with Crippen LogP contribution in [-0.4, -0.2) is 27.7 Å². The minimum atomic E-state index is -0.637. The Morgan fingerprint density at radius 1 is 1.08 bits per heavy atom. The maximum absolute atomic E-state index is 11.9. The van der Waals surface area contributed by atoms with Crippen molar-refractivity contribution in [3.05, 3.63) is 59.7 Å². The van der Waals surface area contributed by atoms with Crippen molar-refractivity contribution >= 4 is 17.5 Å². The molecule has 0 aliphatic rings. The van der Waals surface area contributed by atoms with Gasteiger partial charge in [0.05, 0.1) is 12.0 Å². The molecule has 2 aromatic carbocycles. The van der Waals surface area contributed by atoms with E-state index >= 15 is 0 Å². The van der Waals surface area contributed by atoms with E-state index in [-0.39, 0.29) is 29.4 Å². The number of nitrogens with zero attached hydrogens (tertiary/aromatic N) is 1. The van der Waals surface area contributed by atoms with Crippen molar-refractivity contribution in [3.8, 4) is 11.5 Å². The Labute approximate surface area is 145 Å². The molecule has 0 spiro atoms. The molecule has 7 heteroatoms. The lowest BCUT2D eigenvalue weighted by Gasteiger charge is -2.06. The third-order valence-electron chi connectivity index (χ3n) is 3.32. The number of hydrazone groups is 1. The zero-order chi connectivity index (χ0) is 18.2. The van der Waals surface area contributed by atoms with Crippen molar-refractivity contribution in [2.24, 2.45) is 5.10 Å². The normalized spacial score (nSPS) is 11.0. The lowest BCUT2D eigenvalue weighted by atomic mass is 10.2. The maximum Gasteiger partial charge on any atom is 0.275 e. The summed E-state index contributed by atoms with van der Waals surface area (Å²) in [7, 11) is 0. The van der Waals surface area contributed by atoms with Crippen LogP contribution in [0.3, 0.4) is 0 Å². The van der Waals surface area contributed by atoms with Gasteiger partial charge in [-0.05, 0) is 24.6 Å². The summed E-state index contributed by atoms with van der Waals surface area (Å²) in [6.07, 6.45) is 0.0364. The molecule has 0 aliphatic heterocycles. The van der Waals surface area contributed by atoms with Gasteiger partial charge < -0.3 is 15.5 Å². The second kappa shape index (κ2) is 8.49. The second-order valence-corrected chi connectivity index (χ2v) is 5.43. The molecule has 2 aromatic rings. The summed E-state index contributed by atoms with van der Waals surface area (Å²) >= 11 is 0. The Morgan fingerprint density at radius 2 is 1.80 bits per heavy atom. The van der Waals surface area contributed by atoms with Gasteiger partial charge in [0.2, 0.25) is 5.91 Å². The molecule has 7 nitrogen and oxygen atoms in total. The van der Waals surface area contributed by atoms with Gasteiger partial charge in [-0.1, -0.05) is 30.3 Å². The quantitative estimate of drug-likeness (QED) is 0.475. The van der Waals surface area contributed by atoms with Crippen molar-refractivity contribution in [2.75, 3.05) is 0 Å². The minimum absolute atomic E-state index is 0.0251. The van der Waals surface area contributed by atoms with Crippen LogP contribution in [0.15, 0.2) is 53.6 Å². The Balaban J connectivity index is 1.84. The van der Waals surface area contributed by atoms with Gasteiger partial charge in [0, 0.05) is 18.3 Å². The summed E-state index contributed by atoms with van der Waals surface area (Å²) in [5, 5.41) is 25.4. The van der Waals surface area contributed by atoms with E-state index in [1.54, 1.807) is 6.92 Å². The molecule has 2 amide bonds. The molecular formula is C18H19N3O4. The molecule has 0 bridgehead atoms. The summed E-state index contributed by atoms with van der Waals surface area (Å²) in [5.74, 6) is -1.36. The number of aromatic hydroxyl groups is 2. The van der Waals surface area contributed by atoms with Crippen LogP contribution >= 0.6 is 0 Å². The molecular weight excluding hydrogens is 322 g/mol. The highest BCUT2D eigenvalue weighted by Gasteiger charge is 2.11. The molecule has 0 heterocycles. The number of hydrogen-bond acceptors (Lipinski definition) is 5. The van der Waals surface area contributed by atoms with Gasteiger partial charge in [0.1, 0.15) is 11.5 Å². The predicted octanol–water partition coefficient (Wildman–Crippen LogP) is 1.91. The summed E-state index contributed by atoms with van der Waals surface area (Å²) in [4.78, 5) is 23.8. The van der Waals surface area contributed by atoms with Gasteiger partial charge in [-0.15, -0.1) is 0 Å². The highest BCUT2D eigenvalue weighted by atomic mass is 16.3. The summed E-state index contributed by atoms with van der Waals surface area (Å²) in [6, 6.07) is 13.1. The fourth-order valence-electron chi connectivity index (χ4n) is 2.05. The van der Waals surface area contributed by atoms with Crippen LogP contribution in [0.4, 0.5) is 0 Å². The van der Waals surface area contributed by atoms with E-state index < -0.39 is 5.91 Å². The van der Waals surface area contributed by atoms with Gasteiger partial charge in [-0.2, -0.15) is 5.10 Å². The molecule has 25 heavy (non-hydrogen) atoms. The maximum atomic E-state index is 11.9. The van der Waals surface area contributed by atoms with E-state index in [9.17, 15) is 19.8 Å². The highest BCUT2D eigenvalue weighted by molar-refractivity contribution is 6.01. The monoisotopic (exact) mass is 341 g/mol. The number of rotatable bonds is 6. The van der Waals surface area contributed by atoms with Crippen molar-refractivity contribution in [1.29, 1.82) is 0 Å². The first-order valence-corrected chi connectivity index (χ1v) is 7.62. The van der Waals surface area contributed by atoms with Crippen LogP contribution in [0.5, 0.6) is 11.5 Å². The number of nitrogens with one attached hydrogen (secondary N) is 2. The number of hydrogen-bond donors (Lipinski definition) is 4. The lowest BCUT2D eigenvalue weighted by molar-refractivity contribution is -0.120. The van der Waals surface area contributed by atoms with Gasteiger partial charge in [-0.3, -0.25) is 9.59 Å². The number of carbonyl (C=O) groups is 2. The second-order valence-electron chi connectivity index (χ2n) is 5.43. The molecule has 0 saturated carbocycles. The zero-order valence-corrected chi connectivity index (χ0v) is 13.7. The van der Waals surface area contributed by atoms with Gasteiger partial charge in [0.25, 0.3) is 5.91 Å². The fourth-order valence-corrected chi connectivity index (χ4v) is 2.05. The van der Waals surface area contributed by atoms with Crippen LogP contribution in [0.25, 0.3) is 0 Å². The molecule has 0 saturated heterocycles. The van der Waals surface area contributed by atoms with Crippen LogP contribution in [0.2, 0.25) is 0 Å². The molecule has 0 unspecified atom stereocenters. The Hall–Kier alpha value is -3.35. The van der Waals surface area contributed by atoms with E-state index in [1.807, 2.05) is 30.3 Å². The van der Waals surface area contributed by atoms with E-state index in [2.05, 4.69) is 15.8 Å². The SMILES string of the molecule is CC(CC(=O)NCc1ccccc1)=NNC(=O)c1ccc(O)cc1O. The molecule has 0 aromatic heterocycles. The van der Waals surface area contributed by atoms with Crippen LogP contribution in [-0.2, 0) is 11.3 Å². The van der Waals surface area contributed by atoms with E-state index in [4.69, 9.17) is 0 Å². The van der Waals surface area contributed by atoms with E-state index in [0.29, 0.717) is 12.3 Å². The van der Waals surface area contributed by atoms with Crippen molar-refractivity contribution < 1.29 is 19.8 Å². The summed E-state index contributed by atoms with van der Waals surface area (Å²) in [6.45, 7) is 2.03. The molecule has 0 aliphatic carbocycles. The average Bonchev–Trinajstić information content (AvgIpc) is 2.59. The third-order valence-corrected chi connectivity index (χ3v) is 3.32. The standard InChI is InChI=1S/C18H19N3O4/c1-12(9-17(24)19-11-13-5-3-2-4-6-13)20-21-18(25)15-8-7-14(22)10-16(15)23/h2-8,10,22-23H,9,11H2,1H3,(H,19,24)(H,21,25).